The summed E-state index contributed by atoms with van der Waals surface area (Å²) >= 11 is 7.01. The van der Waals surface area contributed by atoms with E-state index in [-0.39, 0.29) is 16.3 Å². The number of hydrogen-bond donors (Lipinski definition) is 2. The van der Waals surface area contributed by atoms with Crippen molar-refractivity contribution in [3.63, 3.8) is 0 Å². The van der Waals surface area contributed by atoms with Gasteiger partial charge in [-0.25, -0.2) is 8.42 Å². The molecule has 3 N–H and O–H groups in total. The predicted molar refractivity (Wildman–Crippen MR) is 194 cm³/mol. The molecule has 2 aliphatic heterocycles. The van der Waals surface area contributed by atoms with Crippen molar-refractivity contribution in [2.45, 2.75) is 24.2 Å². The predicted octanol–water partition coefficient (Wildman–Crippen LogP) is 7.69. The number of ether oxygens (including phenoxy) is 2. The number of hydrogen-bond acceptors (Lipinski definition) is 7. The molecule has 0 unspecified atom stereocenters. The number of nitrogens with zero attached hydrogens (tertiary/aromatic N) is 2. The number of carbonyl (C=O) groups excluding carboxylic acids is 1. The molecule has 0 bridgehead atoms. The highest BCUT2D eigenvalue weighted by Crippen LogP contribution is 2.47. The molecule has 0 spiro atoms. The van der Waals surface area contributed by atoms with Gasteiger partial charge in [-0.3, -0.25) is 19.3 Å². The van der Waals surface area contributed by atoms with Gasteiger partial charge in [-0.05, 0) is 108 Å². The first-order valence-corrected chi connectivity index (χ1v) is 18.3. The lowest BCUT2D eigenvalue weighted by Gasteiger charge is -2.26. The van der Waals surface area contributed by atoms with Crippen molar-refractivity contribution in [3.8, 4) is 11.5 Å². The van der Waals surface area contributed by atoms with E-state index >= 15 is 0 Å². The number of likely N-dealkylation sites (tertiary alicyclic amines) is 1. The fourth-order valence-electron chi connectivity index (χ4n) is 5.92. The number of nitrogens with one attached hydrogen (secondary N) is 1. The SMILES string of the molecule is COc1cc(C=C2C(=O)N(c3c(N)cccc3S(=O)(=O)Nc3ccc(Br)cc3)c3ccccc32)cc(Br)c1OCCN1CCCCC1. The van der Waals surface area contributed by atoms with Gasteiger partial charge in [0, 0.05) is 22.3 Å². The maximum Gasteiger partial charge on any atom is 0.264 e. The Morgan fingerprint density at radius 3 is 2.45 bits per heavy atom. The lowest BCUT2D eigenvalue weighted by Crippen LogP contribution is -2.33. The average molecular weight is 783 g/mol. The second kappa shape index (κ2) is 14.1. The third kappa shape index (κ3) is 7.06. The first-order valence-electron chi connectivity index (χ1n) is 15.2. The standard InChI is InChI=1S/C35H34Br2N4O5S/c1-45-31-22-23(21-28(37)34(31)46-19-18-40-16-5-2-6-17-40)20-27-26-8-3-4-10-30(26)41(35(27)42)33-29(38)9-7-11-32(33)47(43,44)39-25-14-12-24(36)13-15-25/h3-4,7-15,20-22,39H,2,5-6,16-19,38H2,1H3. The molecule has 0 radical (unpaired) electrons. The molecule has 0 atom stereocenters. The van der Waals surface area contributed by atoms with Gasteiger partial charge in [0.2, 0.25) is 0 Å². The van der Waals surface area contributed by atoms with Crippen LogP contribution < -0.4 is 24.8 Å². The highest BCUT2D eigenvalue weighted by molar-refractivity contribution is 9.10. The number of piperidine rings is 1. The van der Waals surface area contributed by atoms with Crippen molar-refractivity contribution in [1.29, 1.82) is 0 Å². The molecule has 6 rings (SSSR count). The molecule has 2 heterocycles. The van der Waals surface area contributed by atoms with E-state index in [9.17, 15) is 13.2 Å². The van der Waals surface area contributed by atoms with E-state index in [2.05, 4.69) is 41.5 Å². The first-order chi connectivity index (χ1) is 22.7. The summed E-state index contributed by atoms with van der Waals surface area (Å²) in [6, 6.07) is 22.3. The Balaban J connectivity index is 1.34. The van der Waals surface area contributed by atoms with Crippen LogP contribution >= 0.6 is 31.9 Å². The summed E-state index contributed by atoms with van der Waals surface area (Å²) < 4.78 is 43.5. The molecule has 0 aliphatic carbocycles. The summed E-state index contributed by atoms with van der Waals surface area (Å²) in [4.78, 5) is 18.0. The van der Waals surface area contributed by atoms with Crippen LogP contribution in [0.3, 0.4) is 0 Å². The van der Waals surface area contributed by atoms with Crippen LogP contribution in [0.25, 0.3) is 11.6 Å². The topological polar surface area (TPSA) is 114 Å². The van der Waals surface area contributed by atoms with Crippen molar-refractivity contribution >= 4 is 82.2 Å². The molecule has 2 aliphatic rings. The van der Waals surface area contributed by atoms with Crippen molar-refractivity contribution < 1.29 is 22.7 Å². The maximum absolute atomic E-state index is 14.3. The molecular weight excluding hydrogens is 748 g/mol. The molecule has 1 saturated heterocycles. The van der Waals surface area contributed by atoms with E-state index in [4.69, 9.17) is 15.2 Å². The Labute approximate surface area is 291 Å². The lowest BCUT2D eigenvalue weighted by molar-refractivity contribution is -0.112. The van der Waals surface area contributed by atoms with E-state index in [1.807, 2.05) is 24.3 Å². The molecule has 47 heavy (non-hydrogen) atoms. The summed E-state index contributed by atoms with van der Waals surface area (Å²) in [5.74, 6) is 0.706. The number of methoxy groups -OCH3 is 1. The molecule has 4 aromatic carbocycles. The summed E-state index contributed by atoms with van der Waals surface area (Å²) in [5.41, 5.74) is 9.26. The summed E-state index contributed by atoms with van der Waals surface area (Å²) in [7, 11) is -2.57. The maximum atomic E-state index is 14.3. The van der Waals surface area contributed by atoms with Gasteiger partial charge in [0.15, 0.2) is 11.5 Å². The fraction of sp³-hybridized carbons (Fsp3) is 0.229. The normalized spacial score (nSPS) is 15.9. The number of nitrogens with two attached hydrogens (primary N) is 1. The number of sulfonamides is 1. The average Bonchev–Trinajstić information content (AvgIpc) is 3.33. The Morgan fingerprint density at radius 1 is 0.957 bits per heavy atom. The second-order valence-corrected chi connectivity index (χ2v) is 14.7. The van der Waals surface area contributed by atoms with E-state index in [0.29, 0.717) is 50.7 Å². The van der Waals surface area contributed by atoms with Crippen LogP contribution in [0.2, 0.25) is 0 Å². The summed E-state index contributed by atoms with van der Waals surface area (Å²) in [6.07, 6.45) is 5.47. The van der Waals surface area contributed by atoms with Crippen LogP contribution in [0.15, 0.2) is 92.7 Å². The monoisotopic (exact) mass is 780 g/mol. The molecule has 12 heteroatoms. The van der Waals surface area contributed by atoms with Gasteiger partial charge in [0.05, 0.1) is 34.2 Å². The highest BCUT2D eigenvalue weighted by atomic mass is 79.9. The molecule has 0 aromatic heterocycles. The van der Waals surface area contributed by atoms with Crippen LogP contribution in [-0.4, -0.2) is 52.6 Å². The molecule has 1 fully saturated rings. The number of nitrogen functional groups attached to an aromatic ring is 1. The molecule has 0 saturated carbocycles. The zero-order valence-electron chi connectivity index (χ0n) is 25.7. The minimum atomic E-state index is -4.15. The van der Waals surface area contributed by atoms with Gasteiger partial charge in [-0.15, -0.1) is 0 Å². The van der Waals surface area contributed by atoms with Crippen molar-refractivity contribution in [3.05, 3.63) is 98.9 Å². The van der Waals surface area contributed by atoms with Gasteiger partial charge in [0.1, 0.15) is 11.5 Å². The third-order valence-corrected chi connectivity index (χ3v) is 10.7. The third-order valence-electron chi connectivity index (χ3n) is 8.17. The molecule has 4 aromatic rings. The second-order valence-electron chi connectivity index (χ2n) is 11.3. The van der Waals surface area contributed by atoms with Crippen molar-refractivity contribution in [1.82, 2.24) is 4.90 Å². The molecular formula is C35H34Br2N4O5S. The summed E-state index contributed by atoms with van der Waals surface area (Å²) in [5, 5.41) is 0. The van der Waals surface area contributed by atoms with Gasteiger partial charge < -0.3 is 15.2 Å². The van der Waals surface area contributed by atoms with Gasteiger partial charge in [-0.1, -0.05) is 46.6 Å². The smallest absolute Gasteiger partial charge is 0.264 e. The van der Waals surface area contributed by atoms with E-state index in [1.54, 1.807) is 61.7 Å². The quantitative estimate of drug-likeness (QED) is 0.125. The number of anilines is 4. The Hall–Kier alpha value is -3.84. The number of carbonyl (C=O) groups is 1. The van der Waals surface area contributed by atoms with Gasteiger partial charge in [-0.2, -0.15) is 0 Å². The zero-order chi connectivity index (χ0) is 33.1. The largest absolute Gasteiger partial charge is 0.493 e. The number of para-hydroxylation sites is 2. The number of fused-ring (bicyclic) bond motifs is 1. The molecule has 9 nitrogen and oxygen atoms in total. The fourth-order valence-corrected chi connectivity index (χ4v) is 8.03. The first kappa shape index (κ1) is 33.1. The van der Waals surface area contributed by atoms with Crippen LogP contribution in [0.1, 0.15) is 30.4 Å². The Morgan fingerprint density at radius 2 is 1.70 bits per heavy atom. The molecule has 1 amide bonds. The van der Waals surface area contributed by atoms with Crippen LogP contribution in [0.4, 0.5) is 22.7 Å². The summed E-state index contributed by atoms with van der Waals surface area (Å²) in [6.45, 7) is 3.53. The zero-order valence-corrected chi connectivity index (χ0v) is 29.7. The molecule has 244 valence electrons. The van der Waals surface area contributed by atoms with Gasteiger partial charge >= 0.3 is 0 Å². The Kier molecular flexibility index (Phi) is 9.93. The van der Waals surface area contributed by atoms with Crippen LogP contribution in [0.5, 0.6) is 11.5 Å². The van der Waals surface area contributed by atoms with Gasteiger partial charge in [0.25, 0.3) is 15.9 Å². The van der Waals surface area contributed by atoms with Crippen molar-refractivity contribution in [2.75, 3.05) is 48.7 Å². The lowest BCUT2D eigenvalue weighted by atomic mass is 10.0. The minimum Gasteiger partial charge on any atom is -0.493 e. The van der Waals surface area contributed by atoms with E-state index in [0.717, 1.165) is 24.1 Å². The van der Waals surface area contributed by atoms with Crippen LogP contribution in [-0.2, 0) is 14.8 Å². The van der Waals surface area contributed by atoms with Crippen LogP contribution in [0, 0.1) is 0 Å². The number of halogens is 2. The number of rotatable bonds is 10. The Bertz CT molecular complexity index is 1940. The van der Waals surface area contributed by atoms with E-state index < -0.39 is 15.9 Å². The van der Waals surface area contributed by atoms with Crippen molar-refractivity contribution in [2.24, 2.45) is 0 Å². The minimum absolute atomic E-state index is 0.0779. The number of benzene rings is 4. The number of amides is 1. The van der Waals surface area contributed by atoms with E-state index in [1.165, 1.54) is 30.2 Å². The highest BCUT2D eigenvalue weighted by Gasteiger charge is 2.37.